The van der Waals surface area contributed by atoms with Crippen LogP contribution in [0.1, 0.15) is 24.3 Å². The molecule has 1 aliphatic rings. The van der Waals surface area contributed by atoms with Crippen molar-refractivity contribution in [3.63, 3.8) is 0 Å². The van der Waals surface area contributed by atoms with E-state index in [1.54, 1.807) is 61.5 Å². The SMILES string of the molecule is COCCOC(=O)C1=C(C)N=c2s/c(=C/c3ccc(-c4ccc([N+](=O)[O-])cc4)o3)c(=O)n2[C@@H]1c1ccccc1Cl. The number of aromatic nitrogens is 1. The fourth-order valence-electron chi connectivity index (χ4n) is 4.33. The molecule has 40 heavy (non-hydrogen) atoms. The number of nitro groups is 1. The first-order valence-electron chi connectivity index (χ1n) is 12.1. The number of esters is 1. The maximum atomic E-state index is 13.8. The molecule has 0 aliphatic carbocycles. The van der Waals surface area contributed by atoms with Crippen molar-refractivity contribution < 1.29 is 23.6 Å². The van der Waals surface area contributed by atoms with Gasteiger partial charge in [0.1, 0.15) is 24.2 Å². The molecule has 4 aromatic rings. The van der Waals surface area contributed by atoms with Gasteiger partial charge < -0.3 is 13.9 Å². The second-order valence-electron chi connectivity index (χ2n) is 8.74. The highest BCUT2D eigenvalue weighted by Gasteiger charge is 2.34. The Morgan fingerprint density at radius 3 is 2.62 bits per heavy atom. The van der Waals surface area contributed by atoms with Crippen molar-refractivity contribution in [2.24, 2.45) is 4.99 Å². The number of methoxy groups -OCH3 is 1. The first kappa shape index (κ1) is 27.3. The molecule has 204 valence electrons. The lowest BCUT2D eigenvalue weighted by Gasteiger charge is -2.25. The first-order chi connectivity index (χ1) is 19.3. The van der Waals surface area contributed by atoms with Crippen LogP contribution >= 0.6 is 22.9 Å². The van der Waals surface area contributed by atoms with Gasteiger partial charge in [0.25, 0.3) is 11.2 Å². The highest BCUT2D eigenvalue weighted by atomic mass is 35.5. The Morgan fingerprint density at radius 2 is 1.93 bits per heavy atom. The van der Waals surface area contributed by atoms with Gasteiger partial charge in [0, 0.05) is 35.9 Å². The Kier molecular flexibility index (Phi) is 7.78. The van der Waals surface area contributed by atoms with E-state index in [0.29, 0.717) is 42.7 Å². The fourth-order valence-corrected chi connectivity index (χ4v) is 5.60. The molecule has 0 bridgehead atoms. The van der Waals surface area contributed by atoms with E-state index in [1.807, 2.05) is 0 Å². The standard InChI is InChI=1S/C28H22ClN3O7S/c1-16-24(27(34)38-14-13-37-2)25(20-5-3-4-6-21(20)29)31-26(33)23(40-28(31)30-16)15-19-11-12-22(39-19)17-7-9-18(10-8-17)32(35)36/h3-12,15,25H,13-14H2,1-2H3/b23-15+/t25-/m1/s1. The quantitative estimate of drug-likeness (QED) is 0.132. The normalized spacial score (nSPS) is 15.1. The lowest BCUT2D eigenvalue weighted by molar-refractivity contribution is -0.384. The fraction of sp³-hybridized carbons (Fsp3) is 0.179. The Morgan fingerprint density at radius 1 is 1.18 bits per heavy atom. The highest BCUT2D eigenvalue weighted by Crippen LogP contribution is 2.34. The van der Waals surface area contributed by atoms with Gasteiger partial charge in [-0.1, -0.05) is 41.1 Å². The minimum Gasteiger partial charge on any atom is -0.460 e. The van der Waals surface area contributed by atoms with E-state index in [1.165, 1.54) is 23.8 Å². The molecule has 1 aliphatic heterocycles. The summed E-state index contributed by atoms with van der Waals surface area (Å²) in [5, 5.41) is 11.3. The number of non-ortho nitro benzene ring substituents is 1. The Balaban J connectivity index is 1.58. The summed E-state index contributed by atoms with van der Waals surface area (Å²) in [7, 11) is 1.50. The molecule has 1 atom stereocenters. The maximum absolute atomic E-state index is 13.8. The number of carbonyl (C=O) groups is 1. The number of hydrogen-bond acceptors (Lipinski definition) is 9. The van der Waals surface area contributed by atoms with Crippen molar-refractivity contribution >= 4 is 40.7 Å². The molecular weight excluding hydrogens is 558 g/mol. The van der Waals surface area contributed by atoms with E-state index >= 15 is 0 Å². The lowest BCUT2D eigenvalue weighted by Crippen LogP contribution is -2.40. The van der Waals surface area contributed by atoms with E-state index in [2.05, 4.69) is 4.99 Å². The minimum atomic E-state index is -0.852. The largest absolute Gasteiger partial charge is 0.460 e. The maximum Gasteiger partial charge on any atom is 0.338 e. The van der Waals surface area contributed by atoms with Crippen molar-refractivity contribution in [2.45, 2.75) is 13.0 Å². The second kappa shape index (κ2) is 11.4. The number of benzene rings is 2. The number of furan rings is 1. The topological polar surface area (TPSA) is 126 Å². The van der Waals surface area contributed by atoms with Crippen molar-refractivity contribution in [1.29, 1.82) is 0 Å². The van der Waals surface area contributed by atoms with Crippen molar-refractivity contribution in [3.8, 4) is 11.3 Å². The average Bonchev–Trinajstić information content (AvgIpc) is 3.52. The van der Waals surface area contributed by atoms with Gasteiger partial charge in [0.2, 0.25) is 0 Å². The number of ether oxygens (including phenoxy) is 2. The molecular formula is C28H22ClN3O7S. The molecule has 0 N–H and O–H groups in total. The molecule has 5 rings (SSSR count). The van der Waals surface area contributed by atoms with Gasteiger partial charge in [-0.15, -0.1) is 0 Å². The Bertz CT molecular complexity index is 1820. The molecule has 0 saturated carbocycles. The molecule has 0 fully saturated rings. The van der Waals surface area contributed by atoms with Gasteiger partial charge in [0.05, 0.1) is 27.3 Å². The van der Waals surface area contributed by atoms with Crippen LogP contribution in [-0.2, 0) is 14.3 Å². The van der Waals surface area contributed by atoms with E-state index in [-0.39, 0.29) is 30.0 Å². The number of hydrogen-bond donors (Lipinski definition) is 0. The van der Waals surface area contributed by atoms with Gasteiger partial charge in [-0.2, -0.15) is 0 Å². The van der Waals surface area contributed by atoms with Gasteiger partial charge in [0.15, 0.2) is 4.80 Å². The number of halogens is 1. The third-order valence-corrected chi connectivity index (χ3v) is 7.55. The second-order valence-corrected chi connectivity index (χ2v) is 10.2. The molecule has 3 heterocycles. The van der Waals surface area contributed by atoms with Crippen LogP contribution in [0.3, 0.4) is 0 Å². The zero-order valence-electron chi connectivity index (χ0n) is 21.3. The lowest BCUT2D eigenvalue weighted by atomic mass is 9.96. The summed E-state index contributed by atoms with van der Waals surface area (Å²) in [6.07, 6.45) is 1.60. The van der Waals surface area contributed by atoms with Crippen LogP contribution in [-0.4, -0.2) is 35.8 Å². The number of thiazole rings is 1. The third kappa shape index (κ3) is 5.26. The van der Waals surface area contributed by atoms with Crippen molar-refractivity contribution in [3.05, 3.63) is 118 Å². The number of carbonyl (C=O) groups excluding carboxylic acids is 1. The zero-order chi connectivity index (χ0) is 28.4. The van der Waals surface area contributed by atoms with E-state index < -0.39 is 16.9 Å². The summed E-state index contributed by atoms with van der Waals surface area (Å²) >= 11 is 7.70. The molecule has 2 aromatic carbocycles. The van der Waals surface area contributed by atoms with Gasteiger partial charge >= 0.3 is 5.97 Å². The summed E-state index contributed by atoms with van der Waals surface area (Å²) in [5.74, 6) is 0.277. The number of allylic oxidation sites excluding steroid dienone is 1. The van der Waals surface area contributed by atoms with Crippen molar-refractivity contribution in [1.82, 2.24) is 4.57 Å². The number of rotatable bonds is 8. The molecule has 0 spiro atoms. The van der Waals surface area contributed by atoms with Gasteiger partial charge in [-0.05, 0) is 42.8 Å². The zero-order valence-corrected chi connectivity index (χ0v) is 22.9. The molecule has 0 amide bonds. The van der Waals surface area contributed by atoms with Crippen LogP contribution in [0.25, 0.3) is 17.4 Å². The van der Waals surface area contributed by atoms with E-state index in [0.717, 1.165) is 11.3 Å². The number of nitrogens with zero attached hydrogens (tertiary/aromatic N) is 3. The third-order valence-electron chi connectivity index (χ3n) is 6.22. The van der Waals surface area contributed by atoms with Crippen LogP contribution < -0.4 is 14.9 Å². The molecule has 10 nitrogen and oxygen atoms in total. The molecule has 2 aromatic heterocycles. The van der Waals surface area contributed by atoms with Crippen LogP contribution in [0.4, 0.5) is 5.69 Å². The summed E-state index contributed by atoms with van der Waals surface area (Å²) < 4.78 is 18.1. The molecule has 0 unspecified atom stereocenters. The summed E-state index contributed by atoms with van der Waals surface area (Å²) in [4.78, 5) is 42.4. The smallest absolute Gasteiger partial charge is 0.338 e. The Labute approximate surface area is 236 Å². The first-order valence-corrected chi connectivity index (χ1v) is 13.3. The number of fused-ring (bicyclic) bond motifs is 1. The molecule has 12 heteroatoms. The highest BCUT2D eigenvalue weighted by molar-refractivity contribution is 7.07. The number of nitro benzene ring substituents is 1. The molecule has 0 radical (unpaired) electrons. The van der Waals surface area contributed by atoms with Crippen LogP contribution in [0.15, 0.2) is 86.1 Å². The van der Waals surface area contributed by atoms with E-state index in [4.69, 9.17) is 25.5 Å². The van der Waals surface area contributed by atoms with E-state index in [9.17, 15) is 19.7 Å². The van der Waals surface area contributed by atoms with Crippen LogP contribution in [0.5, 0.6) is 0 Å². The van der Waals surface area contributed by atoms with Crippen LogP contribution in [0.2, 0.25) is 5.02 Å². The van der Waals surface area contributed by atoms with Crippen molar-refractivity contribution in [2.75, 3.05) is 20.3 Å². The monoisotopic (exact) mass is 579 g/mol. The predicted molar refractivity (Wildman–Crippen MR) is 149 cm³/mol. The van der Waals surface area contributed by atoms with Gasteiger partial charge in [-0.25, -0.2) is 9.79 Å². The molecule has 0 saturated heterocycles. The Hall–Kier alpha value is -4.32. The average molecular weight is 580 g/mol. The summed E-state index contributed by atoms with van der Waals surface area (Å²) in [5.41, 5.74) is 1.43. The summed E-state index contributed by atoms with van der Waals surface area (Å²) in [6.45, 7) is 1.96. The van der Waals surface area contributed by atoms with Crippen LogP contribution in [0, 0.1) is 10.1 Å². The predicted octanol–water partition coefficient (Wildman–Crippen LogP) is 4.25. The minimum absolute atomic E-state index is 0.0260. The summed E-state index contributed by atoms with van der Waals surface area (Å²) in [6, 6.07) is 15.5. The van der Waals surface area contributed by atoms with Gasteiger partial charge in [-0.3, -0.25) is 19.5 Å².